The van der Waals surface area contributed by atoms with Crippen LogP contribution < -0.4 is 5.73 Å². The van der Waals surface area contributed by atoms with Gasteiger partial charge in [-0.15, -0.1) is 0 Å². The van der Waals surface area contributed by atoms with E-state index in [1.54, 1.807) is 0 Å². The van der Waals surface area contributed by atoms with Gasteiger partial charge in [-0.25, -0.2) is 4.98 Å². The van der Waals surface area contributed by atoms with Crippen molar-refractivity contribution < 1.29 is 4.74 Å². The average molecular weight is 221 g/mol. The SMILES string of the molecule is NC1CCCn2c1cnc2C1CCOCC1. The van der Waals surface area contributed by atoms with Gasteiger partial charge in [0, 0.05) is 31.7 Å². The van der Waals surface area contributed by atoms with Crippen molar-refractivity contribution in [3.05, 3.63) is 17.7 Å². The highest BCUT2D eigenvalue weighted by Gasteiger charge is 2.26. The molecule has 2 aliphatic rings. The second kappa shape index (κ2) is 4.18. The number of hydrogen-bond donors (Lipinski definition) is 1. The first-order chi connectivity index (χ1) is 7.86. The van der Waals surface area contributed by atoms with Crippen LogP contribution in [0.4, 0.5) is 0 Å². The van der Waals surface area contributed by atoms with Gasteiger partial charge in [-0.1, -0.05) is 0 Å². The summed E-state index contributed by atoms with van der Waals surface area (Å²) in [6.07, 6.45) is 6.46. The minimum absolute atomic E-state index is 0.190. The van der Waals surface area contributed by atoms with Gasteiger partial charge in [0.1, 0.15) is 5.82 Å². The number of nitrogens with zero attached hydrogens (tertiary/aromatic N) is 2. The number of nitrogens with two attached hydrogens (primary N) is 1. The van der Waals surface area contributed by atoms with Gasteiger partial charge in [0.15, 0.2) is 0 Å². The molecule has 16 heavy (non-hydrogen) atoms. The van der Waals surface area contributed by atoms with Gasteiger partial charge < -0.3 is 15.0 Å². The maximum Gasteiger partial charge on any atom is 0.112 e. The Morgan fingerprint density at radius 1 is 1.31 bits per heavy atom. The first kappa shape index (κ1) is 10.3. The zero-order valence-corrected chi connectivity index (χ0v) is 9.56. The average Bonchev–Trinajstić information content (AvgIpc) is 2.75. The molecule has 4 nitrogen and oxygen atoms in total. The molecular weight excluding hydrogens is 202 g/mol. The Bertz CT molecular complexity index is 368. The number of aromatic nitrogens is 2. The highest BCUT2D eigenvalue weighted by Crippen LogP contribution is 2.31. The summed E-state index contributed by atoms with van der Waals surface area (Å²) in [4.78, 5) is 4.60. The van der Waals surface area contributed by atoms with Gasteiger partial charge in [-0.05, 0) is 25.7 Å². The second-order valence-electron chi connectivity index (χ2n) is 4.83. The molecule has 1 fully saturated rings. The lowest BCUT2D eigenvalue weighted by Gasteiger charge is -2.26. The lowest BCUT2D eigenvalue weighted by molar-refractivity contribution is 0.0826. The van der Waals surface area contributed by atoms with E-state index in [4.69, 9.17) is 10.5 Å². The summed E-state index contributed by atoms with van der Waals surface area (Å²) < 4.78 is 7.75. The van der Waals surface area contributed by atoms with E-state index < -0.39 is 0 Å². The molecule has 0 aliphatic carbocycles. The first-order valence-corrected chi connectivity index (χ1v) is 6.25. The lowest BCUT2D eigenvalue weighted by Crippen LogP contribution is -2.24. The quantitative estimate of drug-likeness (QED) is 0.783. The van der Waals surface area contributed by atoms with Gasteiger partial charge >= 0.3 is 0 Å². The van der Waals surface area contributed by atoms with E-state index >= 15 is 0 Å². The van der Waals surface area contributed by atoms with E-state index in [1.165, 1.54) is 17.9 Å². The van der Waals surface area contributed by atoms with Crippen LogP contribution in [0.3, 0.4) is 0 Å². The van der Waals surface area contributed by atoms with Crippen LogP contribution in [-0.4, -0.2) is 22.8 Å². The molecular formula is C12H19N3O. The molecule has 0 aromatic carbocycles. The summed E-state index contributed by atoms with van der Waals surface area (Å²) >= 11 is 0. The van der Waals surface area contributed by atoms with Crippen LogP contribution in [0.5, 0.6) is 0 Å². The van der Waals surface area contributed by atoms with E-state index in [2.05, 4.69) is 9.55 Å². The van der Waals surface area contributed by atoms with Crippen molar-refractivity contribution in [3.63, 3.8) is 0 Å². The lowest BCUT2D eigenvalue weighted by atomic mass is 9.98. The van der Waals surface area contributed by atoms with Crippen molar-refractivity contribution in [2.45, 2.75) is 44.2 Å². The first-order valence-electron chi connectivity index (χ1n) is 6.25. The van der Waals surface area contributed by atoms with Crippen LogP contribution in [0, 0.1) is 0 Å². The minimum Gasteiger partial charge on any atom is -0.381 e. The Hall–Kier alpha value is -0.870. The van der Waals surface area contributed by atoms with Crippen LogP contribution in [0.2, 0.25) is 0 Å². The van der Waals surface area contributed by atoms with Gasteiger partial charge in [0.2, 0.25) is 0 Å². The Labute approximate surface area is 95.8 Å². The van der Waals surface area contributed by atoms with E-state index in [-0.39, 0.29) is 6.04 Å². The molecule has 0 saturated carbocycles. The summed E-state index contributed by atoms with van der Waals surface area (Å²) in [5, 5.41) is 0. The summed E-state index contributed by atoms with van der Waals surface area (Å²) in [6, 6.07) is 0.190. The highest BCUT2D eigenvalue weighted by molar-refractivity contribution is 5.15. The third kappa shape index (κ3) is 1.66. The van der Waals surface area contributed by atoms with Crippen molar-refractivity contribution >= 4 is 0 Å². The molecule has 1 atom stereocenters. The normalized spacial score (nSPS) is 26.7. The fourth-order valence-corrected chi connectivity index (χ4v) is 2.84. The van der Waals surface area contributed by atoms with E-state index in [9.17, 15) is 0 Å². The fourth-order valence-electron chi connectivity index (χ4n) is 2.84. The Kier molecular flexibility index (Phi) is 2.69. The van der Waals surface area contributed by atoms with Crippen molar-refractivity contribution in [1.82, 2.24) is 9.55 Å². The summed E-state index contributed by atoms with van der Waals surface area (Å²) in [6.45, 7) is 2.84. The summed E-state index contributed by atoms with van der Waals surface area (Å²) in [5.74, 6) is 1.82. The standard InChI is InChI=1S/C12H19N3O/c13-10-2-1-5-15-11(10)8-14-12(15)9-3-6-16-7-4-9/h8-10H,1-7,13H2. The zero-order valence-electron chi connectivity index (χ0n) is 9.56. The monoisotopic (exact) mass is 221 g/mol. The Morgan fingerprint density at radius 3 is 2.94 bits per heavy atom. The third-order valence-corrected chi connectivity index (χ3v) is 3.78. The number of rotatable bonds is 1. The summed E-state index contributed by atoms with van der Waals surface area (Å²) in [5.41, 5.74) is 7.33. The molecule has 0 bridgehead atoms. The van der Waals surface area contributed by atoms with Crippen molar-refractivity contribution in [2.24, 2.45) is 5.73 Å². The van der Waals surface area contributed by atoms with Crippen molar-refractivity contribution in [3.8, 4) is 0 Å². The van der Waals surface area contributed by atoms with Gasteiger partial charge in [-0.3, -0.25) is 0 Å². The molecule has 3 rings (SSSR count). The third-order valence-electron chi connectivity index (χ3n) is 3.78. The Morgan fingerprint density at radius 2 is 2.12 bits per heavy atom. The maximum absolute atomic E-state index is 6.10. The topological polar surface area (TPSA) is 53.1 Å². The molecule has 2 aliphatic heterocycles. The largest absolute Gasteiger partial charge is 0.381 e. The fraction of sp³-hybridized carbons (Fsp3) is 0.750. The number of ether oxygens (including phenoxy) is 1. The molecule has 0 spiro atoms. The van der Waals surface area contributed by atoms with E-state index in [0.717, 1.165) is 39.0 Å². The van der Waals surface area contributed by atoms with Gasteiger partial charge in [0.25, 0.3) is 0 Å². The molecule has 0 amide bonds. The minimum atomic E-state index is 0.190. The molecule has 4 heteroatoms. The molecule has 3 heterocycles. The summed E-state index contributed by atoms with van der Waals surface area (Å²) in [7, 11) is 0. The molecule has 0 radical (unpaired) electrons. The van der Waals surface area contributed by atoms with Crippen molar-refractivity contribution in [2.75, 3.05) is 13.2 Å². The molecule has 1 aromatic heterocycles. The molecule has 2 N–H and O–H groups in total. The number of imidazole rings is 1. The van der Waals surface area contributed by atoms with Crippen LogP contribution in [0.1, 0.15) is 49.2 Å². The second-order valence-corrected chi connectivity index (χ2v) is 4.83. The van der Waals surface area contributed by atoms with Crippen LogP contribution in [0.25, 0.3) is 0 Å². The highest BCUT2D eigenvalue weighted by atomic mass is 16.5. The van der Waals surface area contributed by atoms with E-state index in [1.807, 2.05) is 6.20 Å². The smallest absolute Gasteiger partial charge is 0.112 e. The maximum atomic E-state index is 6.10. The van der Waals surface area contributed by atoms with Gasteiger partial charge in [0.05, 0.1) is 11.9 Å². The van der Waals surface area contributed by atoms with Crippen LogP contribution >= 0.6 is 0 Å². The zero-order chi connectivity index (χ0) is 11.0. The van der Waals surface area contributed by atoms with E-state index in [0.29, 0.717) is 5.92 Å². The molecule has 1 unspecified atom stereocenters. The van der Waals surface area contributed by atoms with Gasteiger partial charge in [-0.2, -0.15) is 0 Å². The predicted octanol–water partition coefficient (Wildman–Crippen LogP) is 1.57. The van der Waals surface area contributed by atoms with Crippen molar-refractivity contribution in [1.29, 1.82) is 0 Å². The number of fused-ring (bicyclic) bond motifs is 1. The Balaban J connectivity index is 1.89. The van der Waals surface area contributed by atoms with Crippen LogP contribution in [-0.2, 0) is 11.3 Å². The van der Waals surface area contributed by atoms with Crippen LogP contribution in [0.15, 0.2) is 6.20 Å². The number of hydrogen-bond acceptors (Lipinski definition) is 3. The molecule has 1 saturated heterocycles. The molecule has 1 aromatic rings. The predicted molar refractivity (Wildman–Crippen MR) is 61.2 cm³/mol. The molecule has 88 valence electrons.